The van der Waals surface area contributed by atoms with Gasteiger partial charge in [-0.25, -0.2) is 9.59 Å². The maximum atomic E-state index is 13.4. The number of aryl methyl sites for hydroxylation is 2. The summed E-state index contributed by atoms with van der Waals surface area (Å²) in [6.45, 7) is 1.84. The van der Waals surface area contributed by atoms with Gasteiger partial charge in [0.05, 0.1) is 34.5 Å². The number of imidazole rings is 2. The smallest absolute Gasteiger partial charge is 0.490 e. The highest BCUT2D eigenvalue weighted by atomic mass is 35.5. The Morgan fingerprint density at radius 2 is 0.949 bits per heavy atom. The molecular weight excluding hydrogens is 1090 g/mol. The molecule has 0 aliphatic carbocycles. The zero-order chi connectivity index (χ0) is 56.3. The number of aliphatic hydroxyl groups is 1. The molecule has 0 amide bonds. The van der Waals surface area contributed by atoms with E-state index in [2.05, 4.69) is 29.4 Å². The lowest BCUT2D eigenvalue weighted by atomic mass is 10.3. The highest BCUT2D eigenvalue weighted by Crippen LogP contribution is 2.28. The van der Waals surface area contributed by atoms with Crippen molar-refractivity contribution in [3.8, 4) is 35.0 Å². The number of aromatic nitrogens is 10. The van der Waals surface area contributed by atoms with Gasteiger partial charge in [0.2, 0.25) is 0 Å². The molecule has 0 unspecified atom stereocenters. The zero-order valence-electron chi connectivity index (χ0n) is 41.6. The first-order valence-corrected chi connectivity index (χ1v) is 24.3. The molecule has 0 radical (unpaired) electrons. The van der Waals surface area contributed by atoms with Crippen LogP contribution in [-0.4, -0.2) is 98.2 Å². The maximum Gasteiger partial charge on any atom is 0.573 e. The molecule has 2 aromatic carbocycles. The van der Waals surface area contributed by atoms with Crippen molar-refractivity contribution in [1.82, 2.24) is 47.3 Å². The monoisotopic (exact) mass is 1140 g/mol. The average Bonchev–Trinajstić information content (AvgIpc) is 3.98. The number of rotatable bonds is 22. The minimum absolute atomic E-state index is 0.00344. The number of nitrogens with zero attached hydrogens (tertiary/aromatic N) is 10. The third-order valence-electron chi connectivity index (χ3n) is 11.1. The Bertz CT molecular complexity index is 3370. The largest absolute Gasteiger partial charge is 0.573 e. The minimum atomic E-state index is -4.84. The molecule has 8 aromatic rings. The molecule has 0 bridgehead atoms. The third kappa shape index (κ3) is 14.7. The summed E-state index contributed by atoms with van der Waals surface area (Å²) in [6, 6.07) is 16.8. The molecule has 0 spiro atoms. The van der Waals surface area contributed by atoms with Gasteiger partial charge in [-0.1, -0.05) is 48.7 Å². The van der Waals surface area contributed by atoms with Gasteiger partial charge in [-0.15, -0.1) is 26.3 Å². The molecule has 0 saturated carbocycles. The van der Waals surface area contributed by atoms with E-state index in [4.69, 9.17) is 42.1 Å². The summed E-state index contributed by atoms with van der Waals surface area (Å²) in [5.41, 5.74) is -0.668. The summed E-state index contributed by atoms with van der Waals surface area (Å²) < 4.78 is 113. The molecule has 0 saturated heterocycles. The SMILES string of the molecule is CCCCn1c(=O)c2c(nc(OCCOc3cccc(OC(F)(F)F)c3)n2Cc2ccc(Cl)cn2)n(C)c1=O.Cn1c(=O)n(CCCO)c(=O)c2c1nc(OCCOc1cccc(OC(F)(F)F)c1)n2Cc1ccc(Cl)cn1. The number of hydrogen-bond donors (Lipinski definition) is 1. The van der Waals surface area contributed by atoms with E-state index in [0.29, 0.717) is 27.9 Å². The van der Waals surface area contributed by atoms with E-state index in [0.717, 1.165) is 35.3 Å². The number of hydrogen-bond acceptors (Lipinski definition) is 15. The second-order valence-electron chi connectivity index (χ2n) is 16.7. The van der Waals surface area contributed by atoms with Gasteiger partial charge in [-0.3, -0.25) is 47.0 Å². The molecule has 1 N–H and O–H groups in total. The normalized spacial score (nSPS) is 11.6. The van der Waals surface area contributed by atoms with Crippen LogP contribution >= 0.6 is 23.2 Å². The second kappa shape index (κ2) is 25.4. The summed E-state index contributed by atoms with van der Waals surface area (Å²) in [4.78, 5) is 69.7. The van der Waals surface area contributed by atoms with Crippen molar-refractivity contribution in [2.24, 2.45) is 14.1 Å². The van der Waals surface area contributed by atoms with E-state index in [-0.39, 0.29) is 111 Å². The van der Waals surface area contributed by atoms with E-state index < -0.39 is 46.7 Å². The van der Waals surface area contributed by atoms with E-state index >= 15 is 0 Å². The number of aliphatic hydroxyl groups excluding tert-OH is 1. The summed E-state index contributed by atoms with van der Waals surface area (Å²) in [7, 11) is 2.98. The first-order valence-electron chi connectivity index (χ1n) is 23.6. The summed E-state index contributed by atoms with van der Waals surface area (Å²) in [5.74, 6) is -0.594. The summed E-state index contributed by atoms with van der Waals surface area (Å²) in [6.07, 6.45) is -5.12. The molecular formula is C49H48Cl2F6N10O11. The molecule has 8 rings (SSSR count). The predicted octanol–water partition coefficient (Wildman–Crippen LogP) is 6.88. The Kier molecular flexibility index (Phi) is 18.8. The van der Waals surface area contributed by atoms with Crippen LogP contribution in [0.3, 0.4) is 0 Å². The number of benzene rings is 2. The number of pyridine rings is 2. The molecule has 0 aliphatic heterocycles. The molecule has 21 nitrogen and oxygen atoms in total. The maximum absolute atomic E-state index is 13.4. The lowest BCUT2D eigenvalue weighted by Crippen LogP contribution is -2.40. The Morgan fingerprint density at radius 1 is 0.551 bits per heavy atom. The Morgan fingerprint density at radius 3 is 1.32 bits per heavy atom. The number of fused-ring (bicyclic) bond motifs is 2. The van der Waals surface area contributed by atoms with E-state index in [1.54, 1.807) is 24.3 Å². The Labute approximate surface area is 446 Å². The molecule has 6 heterocycles. The van der Waals surface area contributed by atoms with Gasteiger partial charge >= 0.3 is 24.1 Å². The third-order valence-corrected chi connectivity index (χ3v) is 11.6. The van der Waals surface area contributed by atoms with Crippen molar-refractivity contribution >= 4 is 45.5 Å². The van der Waals surface area contributed by atoms with Gasteiger partial charge in [-0.2, -0.15) is 9.97 Å². The molecule has 0 aliphatic rings. The van der Waals surface area contributed by atoms with Gasteiger partial charge in [0.1, 0.15) is 49.4 Å². The van der Waals surface area contributed by atoms with Crippen molar-refractivity contribution in [3.63, 3.8) is 0 Å². The van der Waals surface area contributed by atoms with Crippen molar-refractivity contribution in [2.45, 2.75) is 65.1 Å². The van der Waals surface area contributed by atoms with Crippen LogP contribution in [0.5, 0.6) is 35.0 Å². The standard InChI is InChI=1S/C25H25ClF3N5O5.C24H23ClF3N5O6/c1-3-4-10-33-22(35)20-21(32(2)24(33)36)31-23(34(20)15-17-9-8-16(26)14-30-17)38-12-11-37-18-6-5-7-19(13-18)39-25(27,28)29;1-31-20-19(21(35)32(23(31)36)8-3-9-34)33(14-16-7-6-15(25)13-29-16)22(30-20)38-11-10-37-17-4-2-5-18(12-17)39-24(26,27)28/h5-9,13-14H,3-4,10-12,15H2,1-2H3;2,4-7,12-13,34H,3,8-11,14H2,1H3. The fourth-order valence-electron chi connectivity index (χ4n) is 7.59. The van der Waals surface area contributed by atoms with Crippen LogP contribution in [0, 0.1) is 0 Å². The predicted molar refractivity (Wildman–Crippen MR) is 270 cm³/mol. The quantitative estimate of drug-likeness (QED) is 0.0539. The first kappa shape index (κ1) is 57.7. The fourth-order valence-corrected chi connectivity index (χ4v) is 7.81. The van der Waals surface area contributed by atoms with E-state index in [9.17, 15) is 50.6 Å². The van der Waals surface area contributed by atoms with Crippen molar-refractivity contribution in [2.75, 3.05) is 33.0 Å². The average molecular weight is 1140 g/mol. The van der Waals surface area contributed by atoms with Gasteiger partial charge in [0, 0.05) is 58.3 Å². The number of alkyl halides is 6. The molecule has 78 heavy (non-hydrogen) atoms. The lowest BCUT2D eigenvalue weighted by Gasteiger charge is -2.12. The Balaban J connectivity index is 0.000000226. The molecule has 6 aromatic heterocycles. The van der Waals surface area contributed by atoms with Crippen molar-refractivity contribution in [3.05, 3.63) is 148 Å². The fraction of sp³-hybridized carbons (Fsp3) is 0.347. The van der Waals surface area contributed by atoms with Crippen LogP contribution in [0.25, 0.3) is 22.3 Å². The molecule has 0 atom stereocenters. The van der Waals surface area contributed by atoms with Crippen LogP contribution in [0.4, 0.5) is 26.3 Å². The molecule has 0 fully saturated rings. The summed E-state index contributed by atoms with van der Waals surface area (Å²) >= 11 is 11.9. The van der Waals surface area contributed by atoms with Gasteiger partial charge in [-0.05, 0) is 61.4 Å². The van der Waals surface area contributed by atoms with Crippen LogP contribution in [-0.2, 0) is 40.3 Å². The van der Waals surface area contributed by atoms with E-state index in [1.807, 2.05) is 6.92 Å². The highest BCUT2D eigenvalue weighted by molar-refractivity contribution is 6.30. The lowest BCUT2D eigenvalue weighted by molar-refractivity contribution is -0.275. The summed E-state index contributed by atoms with van der Waals surface area (Å²) in [5, 5.41) is 10.0. The minimum Gasteiger partial charge on any atom is -0.490 e. The van der Waals surface area contributed by atoms with Crippen molar-refractivity contribution < 1.29 is 59.9 Å². The zero-order valence-corrected chi connectivity index (χ0v) is 43.1. The van der Waals surface area contributed by atoms with Gasteiger partial charge < -0.3 is 33.5 Å². The number of halogens is 8. The topological polar surface area (TPSA) is 225 Å². The van der Waals surface area contributed by atoms with Crippen molar-refractivity contribution in [1.29, 1.82) is 0 Å². The van der Waals surface area contributed by atoms with Crippen LogP contribution < -0.4 is 50.9 Å². The molecule has 416 valence electrons. The first-order chi connectivity index (χ1) is 37.1. The van der Waals surface area contributed by atoms with Gasteiger partial charge in [0.15, 0.2) is 22.3 Å². The van der Waals surface area contributed by atoms with Gasteiger partial charge in [0.25, 0.3) is 23.1 Å². The Hall–Kier alpha value is -8.04. The molecule has 29 heteroatoms. The highest BCUT2D eigenvalue weighted by Gasteiger charge is 2.32. The number of ether oxygens (including phenoxy) is 6. The van der Waals surface area contributed by atoms with Crippen LogP contribution in [0.15, 0.2) is 104 Å². The van der Waals surface area contributed by atoms with Crippen LogP contribution in [0.2, 0.25) is 10.0 Å². The second-order valence-corrected chi connectivity index (χ2v) is 17.6. The van der Waals surface area contributed by atoms with Crippen LogP contribution in [0.1, 0.15) is 37.6 Å². The number of unbranched alkanes of at least 4 members (excludes halogenated alkanes) is 1. The van der Waals surface area contributed by atoms with E-state index in [1.165, 1.54) is 73.6 Å².